The van der Waals surface area contributed by atoms with Crippen LogP contribution in [0.5, 0.6) is 11.5 Å². The van der Waals surface area contributed by atoms with E-state index in [1.807, 2.05) is 13.0 Å². The molecule has 0 aliphatic heterocycles. The molecule has 20 heavy (non-hydrogen) atoms. The van der Waals surface area contributed by atoms with E-state index in [0.717, 1.165) is 5.56 Å². The highest BCUT2D eigenvalue weighted by Gasteiger charge is 2.13. The zero-order valence-electron chi connectivity index (χ0n) is 11.8. The molecule has 4 heteroatoms. The first-order valence-corrected chi connectivity index (χ1v) is 6.19. The summed E-state index contributed by atoms with van der Waals surface area (Å²) in [5.41, 5.74) is 8.45. The van der Waals surface area contributed by atoms with Gasteiger partial charge in [-0.3, -0.25) is 4.79 Å². The third-order valence-corrected chi connectivity index (χ3v) is 3.16. The molecule has 0 saturated carbocycles. The van der Waals surface area contributed by atoms with Gasteiger partial charge in [0.25, 0.3) is 0 Å². The number of nitrogen functional groups attached to an aromatic ring is 1. The zero-order valence-corrected chi connectivity index (χ0v) is 11.8. The van der Waals surface area contributed by atoms with E-state index in [1.165, 1.54) is 0 Å². The molecule has 2 aromatic rings. The summed E-state index contributed by atoms with van der Waals surface area (Å²) in [6.07, 6.45) is 0. The molecule has 0 aliphatic rings. The van der Waals surface area contributed by atoms with Crippen molar-refractivity contribution in [1.29, 1.82) is 0 Å². The van der Waals surface area contributed by atoms with Crippen molar-refractivity contribution < 1.29 is 14.3 Å². The van der Waals surface area contributed by atoms with Crippen LogP contribution >= 0.6 is 0 Å². The van der Waals surface area contributed by atoms with Gasteiger partial charge in [0.15, 0.2) is 5.78 Å². The molecule has 0 fully saturated rings. The summed E-state index contributed by atoms with van der Waals surface area (Å²) < 4.78 is 10.3. The summed E-state index contributed by atoms with van der Waals surface area (Å²) >= 11 is 0. The van der Waals surface area contributed by atoms with E-state index in [2.05, 4.69) is 0 Å². The van der Waals surface area contributed by atoms with Crippen LogP contribution in [0.25, 0.3) is 0 Å². The van der Waals surface area contributed by atoms with E-state index in [4.69, 9.17) is 15.2 Å². The minimum absolute atomic E-state index is 0.117. The van der Waals surface area contributed by atoms with Gasteiger partial charge in [0.1, 0.15) is 11.5 Å². The molecule has 0 aromatic heterocycles. The summed E-state index contributed by atoms with van der Waals surface area (Å²) in [5.74, 6) is 1.04. The summed E-state index contributed by atoms with van der Waals surface area (Å²) in [7, 11) is 3.10. The van der Waals surface area contributed by atoms with Gasteiger partial charge in [-0.15, -0.1) is 0 Å². The maximum absolute atomic E-state index is 12.5. The molecule has 0 bridgehead atoms. The van der Waals surface area contributed by atoms with Gasteiger partial charge in [-0.1, -0.05) is 12.1 Å². The zero-order chi connectivity index (χ0) is 14.7. The number of nitrogens with two attached hydrogens (primary N) is 1. The molecule has 2 rings (SSSR count). The number of carbonyl (C=O) groups excluding carboxylic acids is 1. The second kappa shape index (κ2) is 5.65. The lowest BCUT2D eigenvalue weighted by Crippen LogP contribution is -2.04. The van der Waals surface area contributed by atoms with E-state index in [0.29, 0.717) is 28.3 Å². The number of carbonyl (C=O) groups is 1. The highest BCUT2D eigenvalue weighted by Crippen LogP contribution is 2.25. The number of hydrogen-bond acceptors (Lipinski definition) is 4. The Morgan fingerprint density at radius 1 is 0.950 bits per heavy atom. The minimum atomic E-state index is -0.117. The summed E-state index contributed by atoms with van der Waals surface area (Å²) in [6, 6.07) is 10.4. The molecule has 0 saturated heterocycles. The number of methoxy groups -OCH3 is 2. The third kappa shape index (κ3) is 2.74. The number of anilines is 1. The van der Waals surface area contributed by atoms with Gasteiger partial charge in [-0.2, -0.15) is 0 Å². The molecule has 0 unspecified atom stereocenters. The molecule has 104 valence electrons. The van der Waals surface area contributed by atoms with E-state index in [1.54, 1.807) is 44.6 Å². The van der Waals surface area contributed by atoms with Crippen molar-refractivity contribution in [2.24, 2.45) is 0 Å². The molecule has 0 spiro atoms. The highest BCUT2D eigenvalue weighted by molar-refractivity contribution is 6.09. The normalized spacial score (nSPS) is 10.2. The Labute approximate surface area is 118 Å². The maximum atomic E-state index is 12.5. The van der Waals surface area contributed by atoms with Crippen molar-refractivity contribution in [2.45, 2.75) is 6.92 Å². The van der Waals surface area contributed by atoms with Crippen molar-refractivity contribution in [1.82, 2.24) is 0 Å². The molecule has 0 atom stereocenters. The highest BCUT2D eigenvalue weighted by atomic mass is 16.5. The molecule has 0 amide bonds. The lowest BCUT2D eigenvalue weighted by Gasteiger charge is -2.09. The fourth-order valence-electron chi connectivity index (χ4n) is 1.89. The first-order valence-electron chi connectivity index (χ1n) is 6.19. The predicted octanol–water partition coefficient (Wildman–Crippen LogP) is 2.83. The second-order valence-corrected chi connectivity index (χ2v) is 4.50. The van der Waals surface area contributed by atoms with Crippen LogP contribution in [0.1, 0.15) is 21.5 Å². The summed E-state index contributed by atoms with van der Waals surface area (Å²) in [4.78, 5) is 12.5. The van der Waals surface area contributed by atoms with Crippen molar-refractivity contribution in [2.75, 3.05) is 20.0 Å². The van der Waals surface area contributed by atoms with Gasteiger partial charge in [-0.25, -0.2) is 0 Å². The number of aryl methyl sites for hydroxylation is 1. The Balaban J connectivity index is 2.44. The topological polar surface area (TPSA) is 61.5 Å². The summed E-state index contributed by atoms with van der Waals surface area (Å²) in [5, 5.41) is 0. The lowest BCUT2D eigenvalue weighted by molar-refractivity contribution is 0.103. The lowest BCUT2D eigenvalue weighted by atomic mass is 10.0. The summed E-state index contributed by atoms with van der Waals surface area (Å²) in [6.45, 7) is 1.90. The fraction of sp³-hybridized carbons (Fsp3) is 0.188. The van der Waals surface area contributed by atoms with Crippen LogP contribution in [0.3, 0.4) is 0 Å². The Morgan fingerprint density at radius 2 is 1.55 bits per heavy atom. The third-order valence-electron chi connectivity index (χ3n) is 3.16. The van der Waals surface area contributed by atoms with Gasteiger partial charge >= 0.3 is 0 Å². The first-order chi connectivity index (χ1) is 9.55. The molecule has 0 radical (unpaired) electrons. The second-order valence-electron chi connectivity index (χ2n) is 4.50. The van der Waals surface area contributed by atoms with E-state index >= 15 is 0 Å². The number of ketones is 1. The van der Waals surface area contributed by atoms with Crippen LogP contribution in [0, 0.1) is 6.92 Å². The first kappa shape index (κ1) is 13.9. The van der Waals surface area contributed by atoms with Crippen molar-refractivity contribution in [3.05, 3.63) is 53.1 Å². The van der Waals surface area contributed by atoms with Crippen LogP contribution < -0.4 is 15.2 Å². The largest absolute Gasteiger partial charge is 0.497 e. The Morgan fingerprint density at radius 3 is 2.05 bits per heavy atom. The SMILES string of the molecule is COc1cc(OC)cc(C(=O)c2ccc(C)c(N)c2)c1. The molecule has 4 nitrogen and oxygen atoms in total. The maximum Gasteiger partial charge on any atom is 0.193 e. The minimum Gasteiger partial charge on any atom is -0.497 e. The standard InChI is InChI=1S/C16H17NO3/c1-10-4-5-11(8-15(10)17)16(18)12-6-13(19-2)9-14(7-12)20-3/h4-9H,17H2,1-3H3. The average Bonchev–Trinajstić information content (AvgIpc) is 2.48. The quantitative estimate of drug-likeness (QED) is 0.686. The van der Waals surface area contributed by atoms with Crippen LogP contribution in [0.2, 0.25) is 0 Å². The van der Waals surface area contributed by atoms with Crippen LogP contribution in [0.15, 0.2) is 36.4 Å². The molecular weight excluding hydrogens is 254 g/mol. The number of hydrogen-bond donors (Lipinski definition) is 1. The van der Waals surface area contributed by atoms with Crippen molar-refractivity contribution in [3.63, 3.8) is 0 Å². The van der Waals surface area contributed by atoms with Crippen LogP contribution in [0.4, 0.5) is 5.69 Å². The molecular formula is C16H17NO3. The smallest absolute Gasteiger partial charge is 0.193 e. The van der Waals surface area contributed by atoms with Gasteiger partial charge in [0, 0.05) is 22.9 Å². The van der Waals surface area contributed by atoms with Crippen LogP contribution in [-0.4, -0.2) is 20.0 Å². The number of ether oxygens (including phenoxy) is 2. The molecule has 0 aliphatic carbocycles. The van der Waals surface area contributed by atoms with Gasteiger partial charge < -0.3 is 15.2 Å². The molecule has 0 heterocycles. The Bertz CT molecular complexity index is 628. The van der Waals surface area contributed by atoms with Gasteiger partial charge in [0.05, 0.1) is 14.2 Å². The predicted molar refractivity (Wildman–Crippen MR) is 78.6 cm³/mol. The van der Waals surface area contributed by atoms with Crippen molar-refractivity contribution >= 4 is 11.5 Å². The van der Waals surface area contributed by atoms with Crippen molar-refractivity contribution in [3.8, 4) is 11.5 Å². The fourth-order valence-corrected chi connectivity index (χ4v) is 1.89. The van der Waals surface area contributed by atoms with Crippen LogP contribution in [-0.2, 0) is 0 Å². The van der Waals surface area contributed by atoms with E-state index < -0.39 is 0 Å². The monoisotopic (exact) mass is 271 g/mol. The van der Waals surface area contributed by atoms with E-state index in [9.17, 15) is 4.79 Å². The number of benzene rings is 2. The Kier molecular flexibility index (Phi) is 3.94. The van der Waals surface area contributed by atoms with Gasteiger partial charge in [0.2, 0.25) is 0 Å². The average molecular weight is 271 g/mol. The number of rotatable bonds is 4. The molecule has 2 N–H and O–H groups in total. The van der Waals surface area contributed by atoms with Gasteiger partial charge in [-0.05, 0) is 30.7 Å². The van der Waals surface area contributed by atoms with E-state index in [-0.39, 0.29) is 5.78 Å². The molecule has 2 aromatic carbocycles. The Hall–Kier alpha value is -2.49.